The molecule has 0 spiro atoms. The van der Waals surface area contributed by atoms with E-state index in [4.69, 9.17) is 4.74 Å². The van der Waals surface area contributed by atoms with Crippen molar-refractivity contribution in [1.82, 2.24) is 0 Å². The minimum atomic E-state index is 0.954. The largest absolute Gasteiger partial charge is 0.503 e. The molecule has 0 aliphatic heterocycles. The van der Waals surface area contributed by atoms with Gasteiger partial charge in [-0.15, -0.1) is 5.92 Å². The van der Waals surface area contributed by atoms with Crippen LogP contribution in [-0.4, -0.2) is 7.11 Å². The molecule has 0 aliphatic carbocycles. The molecule has 1 heteroatoms. The Morgan fingerprint density at radius 1 is 1.62 bits per heavy atom. The second-order valence-electron chi connectivity index (χ2n) is 1.41. The molecule has 0 aliphatic rings. The highest BCUT2D eigenvalue weighted by Crippen LogP contribution is 1.86. The molecular formula is C7H10O. The van der Waals surface area contributed by atoms with Crippen LogP contribution in [0.15, 0.2) is 11.8 Å². The van der Waals surface area contributed by atoms with Crippen molar-refractivity contribution in [2.45, 2.75) is 13.8 Å². The first-order valence-corrected chi connectivity index (χ1v) is 2.43. The van der Waals surface area contributed by atoms with Crippen molar-refractivity contribution in [2.24, 2.45) is 0 Å². The first-order valence-electron chi connectivity index (χ1n) is 2.43. The lowest BCUT2D eigenvalue weighted by Crippen LogP contribution is -1.70. The van der Waals surface area contributed by atoms with Gasteiger partial charge in [0, 0.05) is 5.57 Å². The molecular weight excluding hydrogens is 100 g/mol. The molecule has 0 rings (SSSR count). The van der Waals surface area contributed by atoms with E-state index in [0.29, 0.717) is 0 Å². The van der Waals surface area contributed by atoms with Crippen molar-refractivity contribution in [3.63, 3.8) is 0 Å². The fourth-order valence-corrected chi connectivity index (χ4v) is 0.403. The molecule has 0 heterocycles. The lowest BCUT2D eigenvalue weighted by atomic mass is 10.3. The van der Waals surface area contributed by atoms with Crippen molar-refractivity contribution < 1.29 is 4.74 Å². The molecule has 0 amide bonds. The minimum Gasteiger partial charge on any atom is -0.503 e. The predicted molar refractivity (Wildman–Crippen MR) is 34.2 cm³/mol. The Hall–Kier alpha value is -0.900. The fourth-order valence-electron chi connectivity index (χ4n) is 0.403. The normalized spacial score (nSPS) is 9.62. The summed E-state index contributed by atoms with van der Waals surface area (Å²) in [5.74, 6) is 5.59. The van der Waals surface area contributed by atoms with E-state index in [2.05, 4.69) is 11.8 Å². The summed E-state index contributed by atoms with van der Waals surface area (Å²) >= 11 is 0. The van der Waals surface area contributed by atoms with Gasteiger partial charge >= 0.3 is 0 Å². The van der Waals surface area contributed by atoms with Gasteiger partial charge in [0.05, 0.1) is 13.4 Å². The first-order chi connectivity index (χ1) is 3.81. The van der Waals surface area contributed by atoms with E-state index in [9.17, 15) is 0 Å². The third kappa shape index (κ3) is 3.30. The number of ether oxygens (including phenoxy) is 1. The van der Waals surface area contributed by atoms with Crippen molar-refractivity contribution >= 4 is 0 Å². The average molecular weight is 110 g/mol. The highest BCUT2D eigenvalue weighted by Gasteiger charge is 1.74. The predicted octanol–water partition coefficient (Wildman–Crippen LogP) is 1.56. The zero-order chi connectivity index (χ0) is 6.41. The lowest BCUT2D eigenvalue weighted by Gasteiger charge is -1.85. The summed E-state index contributed by atoms with van der Waals surface area (Å²) in [5.41, 5.74) is 0.954. The van der Waals surface area contributed by atoms with E-state index in [1.807, 2.05) is 6.92 Å². The van der Waals surface area contributed by atoms with Gasteiger partial charge in [0.15, 0.2) is 0 Å². The summed E-state index contributed by atoms with van der Waals surface area (Å²) < 4.78 is 4.69. The molecule has 0 saturated heterocycles. The molecule has 0 N–H and O–H groups in total. The summed E-state index contributed by atoms with van der Waals surface area (Å²) in [6.45, 7) is 3.70. The maximum Gasteiger partial charge on any atom is 0.0937 e. The molecule has 0 bridgehead atoms. The minimum absolute atomic E-state index is 0.954. The van der Waals surface area contributed by atoms with Gasteiger partial charge in [-0.25, -0.2) is 0 Å². The van der Waals surface area contributed by atoms with Crippen LogP contribution in [0, 0.1) is 11.8 Å². The Morgan fingerprint density at radius 2 is 2.25 bits per heavy atom. The van der Waals surface area contributed by atoms with Crippen LogP contribution in [-0.2, 0) is 4.74 Å². The summed E-state index contributed by atoms with van der Waals surface area (Å²) in [6, 6.07) is 0. The molecule has 1 nitrogen and oxygen atoms in total. The quantitative estimate of drug-likeness (QED) is 0.367. The van der Waals surface area contributed by atoms with Crippen LogP contribution in [0.25, 0.3) is 0 Å². The van der Waals surface area contributed by atoms with Crippen LogP contribution in [0.3, 0.4) is 0 Å². The van der Waals surface area contributed by atoms with Crippen LogP contribution < -0.4 is 0 Å². The Balaban J connectivity index is 3.74. The summed E-state index contributed by atoms with van der Waals surface area (Å²) in [7, 11) is 1.61. The van der Waals surface area contributed by atoms with Gasteiger partial charge in [-0.05, 0) is 13.8 Å². The van der Waals surface area contributed by atoms with Crippen LogP contribution in [0.5, 0.6) is 0 Å². The van der Waals surface area contributed by atoms with Crippen LogP contribution in [0.1, 0.15) is 13.8 Å². The maximum absolute atomic E-state index is 4.69. The molecule has 0 aromatic rings. The highest BCUT2D eigenvalue weighted by atomic mass is 16.5. The molecule has 0 atom stereocenters. The smallest absolute Gasteiger partial charge is 0.0937 e. The summed E-state index contributed by atoms with van der Waals surface area (Å²) in [5, 5.41) is 0. The lowest BCUT2D eigenvalue weighted by molar-refractivity contribution is 0.335. The Morgan fingerprint density at radius 3 is 2.62 bits per heavy atom. The second-order valence-corrected chi connectivity index (χ2v) is 1.41. The van der Waals surface area contributed by atoms with Gasteiger partial charge in [0.2, 0.25) is 0 Å². The Kier molecular flexibility index (Phi) is 3.78. The van der Waals surface area contributed by atoms with E-state index in [1.54, 1.807) is 20.3 Å². The number of methoxy groups -OCH3 is 1. The number of hydrogen-bond donors (Lipinski definition) is 0. The first kappa shape index (κ1) is 7.10. The highest BCUT2D eigenvalue weighted by molar-refractivity contribution is 5.23. The van der Waals surface area contributed by atoms with Gasteiger partial charge in [-0.1, -0.05) is 5.92 Å². The van der Waals surface area contributed by atoms with Gasteiger partial charge in [0.25, 0.3) is 0 Å². The number of rotatable bonds is 1. The van der Waals surface area contributed by atoms with Gasteiger partial charge in [-0.2, -0.15) is 0 Å². The molecule has 8 heavy (non-hydrogen) atoms. The van der Waals surface area contributed by atoms with Gasteiger partial charge in [0.1, 0.15) is 0 Å². The second kappa shape index (κ2) is 4.26. The molecule has 0 radical (unpaired) electrons. The third-order valence-corrected chi connectivity index (χ3v) is 0.617. The topological polar surface area (TPSA) is 9.23 Å². The maximum atomic E-state index is 4.69. The SMILES string of the molecule is CC#C/C(C)=C/OC. The van der Waals surface area contributed by atoms with E-state index < -0.39 is 0 Å². The Labute approximate surface area is 50.4 Å². The van der Waals surface area contributed by atoms with Crippen LogP contribution >= 0.6 is 0 Å². The monoisotopic (exact) mass is 110 g/mol. The van der Waals surface area contributed by atoms with Crippen molar-refractivity contribution in [3.05, 3.63) is 11.8 Å². The Bertz CT molecular complexity index is 134. The van der Waals surface area contributed by atoms with E-state index in [-0.39, 0.29) is 0 Å². The molecule has 0 fully saturated rings. The van der Waals surface area contributed by atoms with Crippen LogP contribution in [0.2, 0.25) is 0 Å². The number of hydrogen-bond acceptors (Lipinski definition) is 1. The summed E-state index contributed by atoms with van der Waals surface area (Å²) in [4.78, 5) is 0. The van der Waals surface area contributed by atoms with Gasteiger partial charge < -0.3 is 4.74 Å². The van der Waals surface area contributed by atoms with Crippen molar-refractivity contribution in [2.75, 3.05) is 7.11 Å². The van der Waals surface area contributed by atoms with E-state index in [0.717, 1.165) is 5.57 Å². The van der Waals surface area contributed by atoms with Crippen molar-refractivity contribution in [3.8, 4) is 11.8 Å². The number of allylic oxidation sites excluding steroid dienone is 1. The van der Waals surface area contributed by atoms with Gasteiger partial charge in [-0.3, -0.25) is 0 Å². The zero-order valence-electron chi connectivity index (χ0n) is 5.49. The van der Waals surface area contributed by atoms with Crippen molar-refractivity contribution in [1.29, 1.82) is 0 Å². The van der Waals surface area contributed by atoms with Crippen LogP contribution in [0.4, 0.5) is 0 Å². The molecule has 0 aromatic carbocycles. The molecule has 0 aromatic heterocycles. The van der Waals surface area contributed by atoms with E-state index >= 15 is 0 Å². The average Bonchev–Trinajstić information content (AvgIpc) is 1.68. The fraction of sp³-hybridized carbons (Fsp3) is 0.429. The third-order valence-electron chi connectivity index (χ3n) is 0.617. The molecule has 44 valence electrons. The summed E-state index contributed by atoms with van der Waals surface area (Å²) in [6.07, 6.45) is 1.62. The molecule has 0 saturated carbocycles. The van der Waals surface area contributed by atoms with E-state index in [1.165, 1.54) is 0 Å². The molecule has 0 unspecified atom stereocenters. The standard InChI is InChI=1S/C7H10O/c1-4-5-7(2)6-8-3/h6H,1-3H3/b7-6+. The zero-order valence-corrected chi connectivity index (χ0v) is 5.49.